The number of amides is 1. The van der Waals surface area contributed by atoms with Gasteiger partial charge in [-0.15, -0.1) is 0 Å². The van der Waals surface area contributed by atoms with Crippen molar-refractivity contribution in [3.8, 4) is 0 Å². The molecule has 1 fully saturated rings. The summed E-state index contributed by atoms with van der Waals surface area (Å²) < 4.78 is 0. The number of aliphatic carboxylic acids is 1. The van der Waals surface area contributed by atoms with Gasteiger partial charge in [0.2, 0.25) is 5.91 Å². The lowest BCUT2D eigenvalue weighted by Gasteiger charge is -2.40. The molecule has 26 heavy (non-hydrogen) atoms. The fourth-order valence-electron chi connectivity index (χ4n) is 3.48. The van der Waals surface area contributed by atoms with Gasteiger partial charge >= 0.3 is 5.97 Å². The molecule has 4 nitrogen and oxygen atoms in total. The van der Waals surface area contributed by atoms with Crippen LogP contribution in [0.1, 0.15) is 30.0 Å². The topological polar surface area (TPSA) is 57.6 Å². The van der Waals surface area contributed by atoms with Gasteiger partial charge in [-0.2, -0.15) is 0 Å². The van der Waals surface area contributed by atoms with Crippen LogP contribution < -0.4 is 0 Å². The third-order valence-corrected chi connectivity index (χ3v) is 5.40. The van der Waals surface area contributed by atoms with Crippen LogP contribution in [0.15, 0.2) is 48.5 Å². The molecule has 2 atom stereocenters. The predicted octanol–water partition coefficient (Wildman–Crippen LogP) is 4.60. The Balaban J connectivity index is 1.90. The Labute approximate surface area is 162 Å². The molecule has 0 unspecified atom stereocenters. The maximum Gasteiger partial charge on any atom is 0.308 e. The Morgan fingerprint density at radius 2 is 1.81 bits per heavy atom. The Hall–Kier alpha value is -2.04. The van der Waals surface area contributed by atoms with Gasteiger partial charge in [-0.05, 0) is 42.2 Å². The molecule has 0 radical (unpaired) electrons. The SMILES string of the molecule is O=C(O)[C@@H]1CCC(=O)N(CCc2ccc(Cl)cc2)[C@H]1c1ccccc1Cl. The van der Waals surface area contributed by atoms with Gasteiger partial charge in [0.05, 0.1) is 12.0 Å². The number of piperidine rings is 1. The lowest BCUT2D eigenvalue weighted by atomic mass is 9.84. The maximum atomic E-state index is 12.6. The summed E-state index contributed by atoms with van der Waals surface area (Å²) in [6.45, 7) is 0.431. The van der Waals surface area contributed by atoms with E-state index in [1.165, 1.54) is 0 Å². The van der Waals surface area contributed by atoms with Crippen LogP contribution in [-0.4, -0.2) is 28.4 Å². The second kappa shape index (κ2) is 8.11. The van der Waals surface area contributed by atoms with Crippen LogP contribution in [0.4, 0.5) is 0 Å². The van der Waals surface area contributed by atoms with Crippen molar-refractivity contribution in [3.63, 3.8) is 0 Å². The third kappa shape index (κ3) is 4.02. The van der Waals surface area contributed by atoms with Gasteiger partial charge in [-0.25, -0.2) is 0 Å². The van der Waals surface area contributed by atoms with E-state index in [2.05, 4.69) is 0 Å². The van der Waals surface area contributed by atoms with Crippen LogP contribution >= 0.6 is 23.2 Å². The summed E-state index contributed by atoms with van der Waals surface area (Å²) in [7, 11) is 0. The molecule has 1 N–H and O–H groups in total. The predicted molar refractivity (Wildman–Crippen MR) is 101 cm³/mol. The summed E-state index contributed by atoms with van der Waals surface area (Å²) in [5, 5.41) is 10.8. The van der Waals surface area contributed by atoms with Gasteiger partial charge < -0.3 is 10.0 Å². The highest BCUT2D eigenvalue weighted by molar-refractivity contribution is 6.31. The van der Waals surface area contributed by atoms with Gasteiger partial charge in [-0.3, -0.25) is 9.59 Å². The first-order valence-electron chi connectivity index (χ1n) is 8.48. The van der Waals surface area contributed by atoms with E-state index in [0.29, 0.717) is 35.0 Å². The van der Waals surface area contributed by atoms with Gasteiger partial charge in [0.25, 0.3) is 0 Å². The smallest absolute Gasteiger partial charge is 0.308 e. The van der Waals surface area contributed by atoms with Crippen molar-refractivity contribution >= 4 is 35.1 Å². The number of carboxylic acid groups (broad SMARTS) is 1. The third-order valence-electron chi connectivity index (χ3n) is 4.80. The molecule has 0 aliphatic carbocycles. The Kier molecular flexibility index (Phi) is 5.84. The van der Waals surface area contributed by atoms with Gasteiger partial charge in [0, 0.05) is 23.0 Å². The molecule has 1 saturated heterocycles. The van der Waals surface area contributed by atoms with Crippen molar-refractivity contribution in [2.75, 3.05) is 6.54 Å². The van der Waals surface area contributed by atoms with Crippen LogP contribution in [0.2, 0.25) is 10.0 Å². The van der Waals surface area contributed by atoms with Gasteiger partial charge in [0.1, 0.15) is 0 Å². The summed E-state index contributed by atoms with van der Waals surface area (Å²) in [5.41, 5.74) is 1.73. The van der Waals surface area contributed by atoms with Crippen molar-refractivity contribution < 1.29 is 14.7 Å². The molecule has 3 rings (SSSR count). The van der Waals surface area contributed by atoms with Crippen molar-refractivity contribution in [2.45, 2.75) is 25.3 Å². The number of carbonyl (C=O) groups is 2. The number of likely N-dealkylation sites (tertiary alicyclic amines) is 1. The van der Waals surface area contributed by atoms with Gasteiger partial charge in [0.15, 0.2) is 0 Å². The molecule has 1 aliphatic rings. The fraction of sp³-hybridized carbons (Fsp3) is 0.300. The quantitative estimate of drug-likeness (QED) is 0.809. The monoisotopic (exact) mass is 391 g/mol. The van der Waals surface area contributed by atoms with Crippen LogP contribution in [0, 0.1) is 5.92 Å². The van der Waals surface area contributed by atoms with E-state index < -0.39 is 17.9 Å². The summed E-state index contributed by atoms with van der Waals surface area (Å²) in [5.74, 6) is -1.61. The molecule has 136 valence electrons. The van der Waals surface area contributed by atoms with E-state index in [0.717, 1.165) is 5.56 Å². The molecule has 2 aromatic carbocycles. The number of carboxylic acids is 1. The first-order valence-corrected chi connectivity index (χ1v) is 9.24. The zero-order valence-electron chi connectivity index (χ0n) is 14.1. The van der Waals surface area contributed by atoms with Crippen molar-refractivity contribution in [1.29, 1.82) is 0 Å². The van der Waals surface area contributed by atoms with E-state index in [4.69, 9.17) is 23.2 Å². The largest absolute Gasteiger partial charge is 0.481 e. The lowest BCUT2D eigenvalue weighted by molar-refractivity contribution is -0.152. The molecule has 1 amide bonds. The van der Waals surface area contributed by atoms with Crippen molar-refractivity contribution in [1.82, 2.24) is 4.90 Å². The number of carbonyl (C=O) groups excluding carboxylic acids is 1. The Morgan fingerprint density at radius 3 is 2.46 bits per heavy atom. The molecule has 0 aromatic heterocycles. The molecule has 0 saturated carbocycles. The number of halogens is 2. The molecule has 6 heteroatoms. The average Bonchev–Trinajstić information content (AvgIpc) is 2.62. The van der Waals surface area contributed by atoms with Crippen molar-refractivity contribution in [3.05, 3.63) is 69.7 Å². The number of hydrogen-bond acceptors (Lipinski definition) is 2. The van der Waals surface area contributed by atoms with E-state index in [1.807, 2.05) is 18.2 Å². The molecule has 1 heterocycles. The average molecular weight is 392 g/mol. The summed E-state index contributed by atoms with van der Waals surface area (Å²) in [6.07, 6.45) is 1.18. The standard InChI is InChI=1S/C20H19Cl2NO3/c21-14-7-5-13(6-8-14)11-12-23-18(24)10-9-16(20(25)26)19(23)15-3-1-2-4-17(15)22/h1-8,16,19H,9-12H2,(H,25,26)/t16-,19+/m1/s1. The summed E-state index contributed by atoms with van der Waals surface area (Å²) in [6, 6.07) is 14.0. The molecular weight excluding hydrogens is 373 g/mol. The fourth-order valence-corrected chi connectivity index (χ4v) is 3.85. The highest BCUT2D eigenvalue weighted by atomic mass is 35.5. The van der Waals surface area contributed by atoms with Crippen LogP contribution in [0.5, 0.6) is 0 Å². The first-order chi connectivity index (χ1) is 12.5. The number of rotatable bonds is 5. The number of benzene rings is 2. The minimum Gasteiger partial charge on any atom is -0.481 e. The van der Waals surface area contributed by atoms with E-state index in [-0.39, 0.29) is 12.3 Å². The normalized spacial score (nSPS) is 20.2. The summed E-state index contributed by atoms with van der Waals surface area (Å²) in [4.78, 5) is 26.1. The summed E-state index contributed by atoms with van der Waals surface area (Å²) >= 11 is 12.2. The molecule has 1 aliphatic heterocycles. The molecular formula is C20H19Cl2NO3. The lowest BCUT2D eigenvalue weighted by Crippen LogP contribution is -2.46. The highest BCUT2D eigenvalue weighted by Crippen LogP contribution is 2.39. The molecule has 0 spiro atoms. The minimum atomic E-state index is -0.904. The minimum absolute atomic E-state index is 0.0404. The first kappa shape index (κ1) is 18.7. The van der Waals surface area contributed by atoms with E-state index in [1.54, 1.807) is 35.2 Å². The van der Waals surface area contributed by atoms with E-state index in [9.17, 15) is 14.7 Å². The maximum absolute atomic E-state index is 12.6. The van der Waals surface area contributed by atoms with E-state index >= 15 is 0 Å². The number of hydrogen-bond donors (Lipinski definition) is 1. The highest BCUT2D eigenvalue weighted by Gasteiger charge is 2.41. The zero-order chi connectivity index (χ0) is 18.7. The van der Waals surface area contributed by atoms with Crippen LogP contribution in [0.3, 0.4) is 0 Å². The second-order valence-corrected chi connectivity index (χ2v) is 7.26. The Morgan fingerprint density at radius 1 is 1.12 bits per heavy atom. The zero-order valence-corrected chi connectivity index (χ0v) is 15.6. The van der Waals surface area contributed by atoms with Crippen LogP contribution in [-0.2, 0) is 16.0 Å². The number of nitrogens with zero attached hydrogens (tertiary/aromatic N) is 1. The molecule has 2 aromatic rings. The van der Waals surface area contributed by atoms with Crippen molar-refractivity contribution in [2.24, 2.45) is 5.92 Å². The molecule has 0 bridgehead atoms. The second-order valence-electron chi connectivity index (χ2n) is 6.41. The Bertz CT molecular complexity index is 807. The van der Waals surface area contributed by atoms with Gasteiger partial charge in [-0.1, -0.05) is 53.5 Å². The van der Waals surface area contributed by atoms with Crippen LogP contribution in [0.25, 0.3) is 0 Å².